The van der Waals surface area contributed by atoms with Gasteiger partial charge in [-0.25, -0.2) is 13.1 Å². The van der Waals surface area contributed by atoms with Gasteiger partial charge in [-0.1, -0.05) is 31.4 Å². The van der Waals surface area contributed by atoms with Crippen LogP contribution in [0.15, 0.2) is 17.0 Å². The zero-order valence-electron chi connectivity index (χ0n) is 13.4. The molecule has 1 N–H and O–H groups in total. The van der Waals surface area contributed by atoms with Crippen molar-refractivity contribution in [2.45, 2.75) is 57.4 Å². The number of halogens is 1. The van der Waals surface area contributed by atoms with Crippen molar-refractivity contribution in [2.75, 3.05) is 6.61 Å². The lowest BCUT2D eigenvalue weighted by atomic mass is 9.87. The van der Waals surface area contributed by atoms with Crippen LogP contribution in [0, 0.1) is 12.8 Å². The number of rotatable bonds is 5. The minimum atomic E-state index is -3.64. The van der Waals surface area contributed by atoms with Crippen LogP contribution in [0.5, 0.6) is 5.75 Å². The van der Waals surface area contributed by atoms with Crippen molar-refractivity contribution in [1.29, 1.82) is 0 Å². The molecule has 0 amide bonds. The lowest BCUT2D eigenvalue weighted by Gasteiger charge is -2.29. The van der Waals surface area contributed by atoms with Crippen LogP contribution in [0.2, 0.25) is 5.02 Å². The summed E-state index contributed by atoms with van der Waals surface area (Å²) in [5.41, 5.74) is 0.801. The van der Waals surface area contributed by atoms with Gasteiger partial charge in [-0.15, -0.1) is 0 Å². The molecule has 0 spiro atoms. The van der Waals surface area contributed by atoms with Crippen LogP contribution in [0.4, 0.5) is 0 Å². The highest BCUT2D eigenvalue weighted by atomic mass is 35.5. The fourth-order valence-electron chi connectivity index (χ4n) is 2.87. The second kappa shape index (κ2) is 7.20. The van der Waals surface area contributed by atoms with E-state index >= 15 is 0 Å². The van der Waals surface area contributed by atoms with Crippen LogP contribution in [-0.2, 0) is 10.0 Å². The lowest BCUT2D eigenvalue weighted by Crippen LogP contribution is -2.41. The Morgan fingerprint density at radius 2 is 2.00 bits per heavy atom. The highest BCUT2D eigenvalue weighted by Crippen LogP contribution is 2.32. The first-order valence-corrected chi connectivity index (χ1v) is 9.66. The summed E-state index contributed by atoms with van der Waals surface area (Å²) >= 11 is 6.12. The van der Waals surface area contributed by atoms with Crippen molar-refractivity contribution in [3.8, 4) is 5.75 Å². The normalized spacial score (nSPS) is 22.5. The molecule has 0 heterocycles. The Morgan fingerprint density at radius 1 is 1.32 bits per heavy atom. The predicted octanol–water partition coefficient (Wildman–Crippen LogP) is 3.90. The smallest absolute Gasteiger partial charge is 0.244 e. The molecule has 1 aromatic carbocycles. The Bertz CT molecular complexity index is 631. The van der Waals surface area contributed by atoms with E-state index in [1.165, 1.54) is 12.5 Å². The van der Waals surface area contributed by atoms with E-state index in [1.54, 1.807) is 6.07 Å². The topological polar surface area (TPSA) is 55.4 Å². The first-order valence-electron chi connectivity index (χ1n) is 7.80. The number of hydrogen-bond acceptors (Lipinski definition) is 3. The number of ether oxygens (including phenoxy) is 1. The van der Waals surface area contributed by atoms with E-state index in [4.69, 9.17) is 16.3 Å². The number of hydrogen-bond donors (Lipinski definition) is 1. The summed E-state index contributed by atoms with van der Waals surface area (Å²) in [5.74, 6) is 0.709. The molecule has 22 heavy (non-hydrogen) atoms. The van der Waals surface area contributed by atoms with Gasteiger partial charge < -0.3 is 4.74 Å². The number of benzene rings is 1. The number of nitrogens with one attached hydrogen (secondary N) is 1. The molecule has 0 bridgehead atoms. The van der Waals surface area contributed by atoms with Gasteiger partial charge in [0.05, 0.1) is 6.61 Å². The van der Waals surface area contributed by atoms with Gasteiger partial charge in [0.1, 0.15) is 10.6 Å². The molecular formula is C16H24ClNO3S. The summed E-state index contributed by atoms with van der Waals surface area (Å²) in [6.45, 7) is 6.16. The van der Waals surface area contributed by atoms with Crippen molar-refractivity contribution in [3.05, 3.63) is 22.7 Å². The Morgan fingerprint density at radius 3 is 2.64 bits per heavy atom. The molecule has 124 valence electrons. The number of sulfonamides is 1. The van der Waals surface area contributed by atoms with Gasteiger partial charge in [0.2, 0.25) is 10.0 Å². The monoisotopic (exact) mass is 345 g/mol. The third-order valence-corrected chi connectivity index (χ3v) is 6.15. The standard InChI is InChI=1S/C16H24ClNO3S/c1-4-21-15-9-12(3)13(17)10-16(15)22(19,20)18-14-8-6-5-7-11(14)2/h9-11,14,18H,4-8H2,1-3H3/t11-,14+/m1/s1. The van der Waals surface area contributed by atoms with Crippen molar-refractivity contribution in [3.63, 3.8) is 0 Å². The summed E-state index contributed by atoms with van der Waals surface area (Å²) in [7, 11) is -3.64. The first kappa shape index (κ1) is 17.6. The first-order chi connectivity index (χ1) is 10.3. The van der Waals surface area contributed by atoms with Crippen LogP contribution in [0.25, 0.3) is 0 Å². The minimum Gasteiger partial charge on any atom is -0.492 e. The summed E-state index contributed by atoms with van der Waals surface area (Å²) in [4.78, 5) is 0.128. The highest BCUT2D eigenvalue weighted by molar-refractivity contribution is 7.89. The van der Waals surface area contributed by atoms with E-state index < -0.39 is 10.0 Å². The quantitative estimate of drug-likeness (QED) is 0.880. The SMILES string of the molecule is CCOc1cc(C)c(Cl)cc1S(=O)(=O)N[C@H]1CCCC[C@H]1C. The molecule has 1 aliphatic rings. The van der Waals surface area contributed by atoms with Gasteiger partial charge in [0.25, 0.3) is 0 Å². The highest BCUT2D eigenvalue weighted by Gasteiger charge is 2.29. The van der Waals surface area contributed by atoms with E-state index in [0.717, 1.165) is 24.8 Å². The predicted molar refractivity (Wildman–Crippen MR) is 89.1 cm³/mol. The third-order valence-electron chi connectivity index (χ3n) is 4.23. The van der Waals surface area contributed by atoms with Crippen LogP contribution >= 0.6 is 11.6 Å². The minimum absolute atomic E-state index is 0.0201. The molecule has 1 aromatic rings. The molecule has 1 fully saturated rings. The maximum Gasteiger partial charge on any atom is 0.244 e. The van der Waals surface area contributed by atoms with Crippen molar-refractivity contribution >= 4 is 21.6 Å². The number of aryl methyl sites for hydroxylation is 1. The Balaban J connectivity index is 2.33. The van der Waals surface area contributed by atoms with Crippen molar-refractivity contribution < 1.29 is 13.2 Å². The largest absolute Gasteiger partial charge is 0.492 e. The van der Waals surface area contributed by atoms with Gasteiger partial charge >= 0.3 is 0 Å². The van der Waals surface area contributed by atoms with Crippen LogP contribution in [0.1, 0.15) is 45.1 Å². The molecule has 0 aliphatic heterocycles. The van der Waals surface area contributed by atoms with E-state index in [9.17, 15) is 8.42 Å². The average Bonchev–Trinajstić information content (AvgIpc) is 2.45. The van der Waals surface area contributed by atoms with E-state index in [0.29, 0.717) is 23.3 Å². The molecule has 0 unspecified atom stereocenters. The van der Waals surface area contributed by atoms with Crippen LogP contribution in [0.3, 0.4) is 0 Å². The molecule has 1 saturated carbocycles. The Hall–Kier alpha value is -0.780. The lowest BCUT2D eigenvalue weighted by molar-refractivity contribution is 0.308. The average molecular weight is 346 g/mol. The summed E-state index contributed by atoms with van der Waals surface area (Å²) in [5, 5.41) is 0.431. The third kappa shape index (κ3) is 3.94. The second-order valence-corrected chi connectivity index (χ2v) is 8.06. The maximum atomic E-state index is 12.8. The van der Waals surface area contributed by atoms with E-state index in [2.05, 4.69) is 11.6 Å². The summed E-state index contributed by atoms with van der Waals surface area (Å²) in [6, 6.07) is 3.15. The van der Waals surface area contributed by atoms with Crippen LogP contribution < -0.4 is 9.46 Å². The van der Waals surface area contributed by atoms with Gasteiger partial charge in [0, 0.05) is 11.1 Å². The van der Waals surface area contributed by atoms with Crippen molar-refractivity contribution in [1.82, 2.24) is 4.72 Å². The van der Waals surface area contributed by atoms with E-state index in [-0.39, 0.29) is 10.9 Å². The molecule has 1 aliphatic carbocycles. The fourth-order valence-corrected chi connectivity index (χ4v) is 4.63. The van der Waals surface area contributed by atoms with Gasteiger partial charge in [-0.05, 0) is 50.3 Å². The molecule has 0 saturated heterocycles. The molecular weight excluding hydrogens is 322 g/mol. The molecule has 6 heteroatoms. The molecule has 2 atom stereocenters. The van der Waals surface area contributed by atoms with Crippen molar-refractivity contribution in [2.24, 2.45) is 5.92 Å². The zero-order chi connectivity index (χ0) is 16.3. The molecule has 2 rings (SSSR count). The zero-order valence-corrected chi connectivity index (χ0v) is 14.9. The van der Waals surface area contributed by atoms with Crippen LogP contribution in [-0.4, -0.2) is 21.1 Å². The van der Waals surface area contributed by atoms with Gasteiger partial charge in [-0.3, -0.25) is 0 Å². The molecule has 0 radical (unpaired) electrons. The van der Waals surface area contributed by atoms with Gasteiger partial charge in [0.15, 0.2) is 0 Å². The van der Waals surface area contributed by atoms with Gasteiger partial charge in [-0.2, -0.15) is 0 Å². The summed E-state index contributed by atoms with van der Waals surface area (Å²) < 4.78 is 33.8. The molecule has 0 aromatic heterocycles. The summed E-state index contributed by atoms with van der Waals surface area (Å²) in [6.07, 6.45) is 4.16. The maximum absolute atomic E-state index is 12.8. The Kier molecular flexibility index (Phi) is 5.75. The molecule has 4 nitrogen and oxygen atoms in total. The Labute approximate surface area is 138 Å². The second-order valence-electron chi connectivity index (χ2n) is 5.97. The fraction of sp³-hybridized carbons (Fsp3) is 0.625. The van der Waals surface area contributed by atoms with E-state index in [1.807, 2.05) is 13.8 Å².